The highest BCUT2D eigenvalue weighted by molar-refractivity contribution is 4.69. The van der Waals surface area contributed by atoms with Gasteiger partial charge in [0.2, 0.25) is 0 Å². The van der Waals surface area contributed by atoms with Gasteiger partial charge < -0.3 is 4.74 Å². The van der Waals surface area contributed by atoms with Gasteiger partial charge in [-0.2, -0.15) is 0 Å². The lowest BCUT2D eigenvalue weighted by atomic mass is 9.92. The van der Waals surface area contributed by atoms with Crippen LogP contribution in [-0.4, -0.2) is 12.2 Å². The molecule has 0 fully saturated rings. The molecule has 4 unspecified atom stereocenters. The van der Waals surface area contributed by atoms with Crippen LogP contribution in [0.5, 0.6) is 0 Å². The summed E-state index contributed by atoms with van der Waals surface area (Å²) in [5.41, 5.74) is 0. The van der Waals surface area contributed by atoms with E-state index in [1.165, 1.54) is 12.8 Å². The third-order valence-electron chi connectivity index (χ3n) is 3.72. The van der Waals surface area contributed by atoms with Crippen LogP contribution in [0.4, 0.5) is 0 Å². The van der Waals surface area contributed by atoms with Crippen LogP contribution < -0.4 is 0 Å². The van der Waals surface area contributed by atoms with Gasteiger partial charge in [-0.25, -0.2) is 0 Å². The van der Waals surface area contributed by atoms with Crippen LogP contribution >= 0.6 is 0 Å². The second-order valence-electron chi connectivity index (χ2n) is 6.76. The molecular formula is C16H34O. The van der Waals surface area contributed by atoms with E-state index in [1.807, 2.05) is 0 Å². The molecule has 0 saturated heterocycles. The maximum absolute atomic E-state index is 6.18. The summed E-state index contributed by atoms with van der Waals surface area (Å²) in [5.74, 6) is 2.84. The largest absolute Gasteiger partial charge is 0.375 e. The quantitative estimate of drug-likeness (QED) is 0.572. The molecule has 0 aliphatic heterocycles. The fraction of sp³-hybridized carbons (Fsp3) is 1.00. The Morgan fingerprint density at radius 1 is 0.588 bits per heavy atom. The van der Waals surface area contributed by atoms with Crippen LogP contribution in [0.1, 0.15) is 68.2 Å². The van der Waals surface area contributed by atoms with Crippen molar-refractivity contribution in [2.75, 3.05) is 0 Å². The van der Waals surface area contributed by atoms with E-state index in [-0.39, 0.29) is 0 Å². The van der Waals surface area contributed by atoms with Crippen LogP contribution in [0.2, 0.25) is 0 Å². The van der Waals surface area contributed by atoms with Crippen molar-refractivity contribution in [3.63, 3.8) is 0 Å². The first-order valence-corrected chi connectivity index (χ1v) is 7.39. The monoisotopic (exact) mass is 242 g/mol. The molecule has 0 rings (SSSR count). The molecule has 0 saturated carbocycles. The molecule has 4 atom stereocenters. The van der Waals surface area contributed by atoms with E-state index in [2.05, 4.69) is 55.4 Å². The Bertz CT molecular complexity index is 166. The highest BCUT2D eigenvalue weighted by Gasteiger charge is 2.20. The summed E-state index contributed by atoms with van der Waals surface area (Å²) in [4.78, 5) is 0. The first-order valence-electron chi connectivity index (χ1n) is 7.39. The molecule has 0 aliphatic rings. The molecule has 0 aromatic carbocycles. The topological polar surface area (TPSA) is 9.23 Å². The molecule has 17 heavy (non-hydrogen) atoms. The minimum absolute atomic E-state index is 0.377. The Kier molecular flexibility index (Phi) is 8.11. The lowest BCUT2D eigenvalue weighted by Crippen LogP contribution is -2.28. The summed E-state index contributed by atoms with van der Waals surface area (Å²) in [6.07, 6.45) is 3.27. The van der Waals surface area contributed by atoms with Crippen molar-refractivity contribution in [3.05, 3.63) is 0 Å². The molecular weight excluding hydrogens is 208 g/mol. The van der Waals surface area contributed by atoms with Crippen molar-refractivity contribution >= 4 is 0 Å². The summed E-state index contributed by atoms with van der Waals surface area (Å²) in [6, 6.07) is 0. The van der Waals surface area contributed by atoms with E-state index in [0.717, 1.165) is 11.8 Å². The Morgan fingerprint density at radius 2 is 0.882 bits per heavy atom. The molecule has 0 aromatic heterocycles. The molecule has 0 spiro atoms. The second-order valence-corrected chi connectivity index (χ2v) is 6.76. The van der Waals surface area contributed by atoms with Crippen molar-refractivity contribution in [1.82, 2.24) is 0 Å². The van der Waals surface area contributed by atoms with Gasteiger partial charge in [-0.1, -0.05) is 41.5 Å². The molecule has 0 aliphatic carbocycles. The molecule has 0 amide bonds. The Hall–Kier alpha value is -0.0400. The number of hydrogen-bond acceptors (Lipinski definition) is 1. The van der Waals surface area contributed by atoms with Crippen molar-refractivity contribution in [2.45, 2.75) is 80.4 Å². The molecule has 1 nitrogen and oxygen atoms in total. The highest BCUT2D eigenvalue weighted by Crippen LogP contribution is 2.23. The van der Waals surface area contributed by atoms with E-state index in [1.54, 1.807) is 0 Å². The summed E-state index contributed by atoms with van der Waals surface area (Å²) in [6.45, 7) is 18.2. The predicted octanol–water partition coefficient (Wildman–Crippen LogP) is 5.14. The number of rotatable bonds is 8. The molecule has 0 bridgehead atoms. The van der Waals surface area contributed by atoms with Gasteiger partial charge >= 0.3 is 0 Å². The van der Waals surface area contributed by atoms with Gasteiger partial charge in [-0.05, 0) is 50.4 Å². The van der Waals surface area contributed by atoms with Crippen LogP contribution in [0, 0.1) is 23.7 Å². The predicted molar refractivity (Wildman–Crippen MR) is 77.2 cm³/mol. The molecule has 0 heterocycles. The number of hydrogen-bond donors (Lipinski definition) is 0. The third kappa shape index (κ3) is 7.81. The maximum atomic E-state index is 6.18. The minimum Gasteiger partial charge on any atom is -0.375 e. The summed E-state index contributed by atoms with van der Waals surface area (Å²) in [5, 5.41) is 0. The second kappa shape index (κ2) is 8.13. The van der Waals surface area contributed by atoms with E-state index in [9.17, 15) is 0 Å². The number of ether oxygens (including phenoxy) is 1. The normalized spacial score (nSPS) is 19.4. The standard InChI is InChI=1S/C16H34O/c1-11(2)9-13(5)15(7)17-16(8)14(6)10-12(3)4/h11-16H,9-10H2,1-8H3. The van der Waals surface area contributed by atoms with Crippen LogP contribution in [0.15, 0.2) is 0 Å². The van der Waals surface area contributed by atoms with Crippen molar-refractivity contribution in [2.24, 2.45) is 23.7 Å². The zero-order valence-electron chi connectivity index (χ0n) is 13.3. The van der Waals surface area contributed by atoms with E-state index < -0.39 is 0 Å². The van der Waals surface area contributed by atoms with Gasteiger partial charge in [0.1, 0.15) is 0 Å². The smallest absolute Gasteiger partial charge is 0.0576 e. The van der Waals surface area contributed by atoms with Gasteiger partial charge in [0.05, 0.1) is 12.2 Å². The average molecular weight is 242 g/mol. The fourth-order valence-electron chi connectivity index (χ4n) is 2.48. The summed E-state index contributed by atoms with van der Waals surface area (Å²) >= 11 is 0. The van der Waals surface area contributed by atoms with Crippen LogP contribution in [0.3, 0.4) is 0 Å². The molecule has 0 aromatic rings. The van der Waals surface area contributed by atoms with Gasteiger partial charge in [-0.3, -0.25) is 0 Å². The first-order chi connectivity index (χ1) is 7.73. The Balaban J connectivity index is 4.05. The molecule has 104 valence electrons. The van der Waals surface area contributed by atoms with E-state index in [4.69, 9.17) is 4.74 Å². The zero-order valence-corrected chi connectivity index (χ0v) is 13.3. The van der Waals surface area contributed by atoms with Crippen LogP contribution in [-0.2, 0) is 4.74 Å². The van der Waals surface area contributed by atoms with Gasteiger partial charge in [0.25, 0.3) is 0 Å². The van der Waals surface area contributed by atoms with Gasteiger partial charge in [0.15, 0.2) is 0 Å². The summed E-state index contributed by atoms with van der Waals surface area (Å²) < 4.78 is 6.18. The van der Waals surface area contributed by atoms with Gasteiger partial charge in [-0.15, -0.1) is 0 Å². The Labute approximate surface area is 109 Å². The van der Waals surface area contributed by atoms with E-state index >= 15 is 0 Å². The van der Waals surface area contributed by atoms with Crippen molar-refractivity contribution in [1.29, 1.82) is 0 Å². The highest BCUT2D eigenvalue weighted by atomic mass is 16.5. The zero-order chi connectivity index (χ0) is 13.6. The Morgan fingerprint density at radius 3 is 1.12 bits per heavy atom. The minimum atomic E-state index is 0.377. The molecule has 1 heteroatoms. The lowest BCUT2D eigenvalue weighted by Gasteiger charge is -2.29. The van der Waals surface area contributed by atoms with E-state index in [0.29, 0.717) is 24.0 Å². The molecule has 0 N–H and O–H groups in total. The lowest BCUT2D eigenvalue weighted by molar-refractivity contribution is -0.0504. The fourth-order valence-corrected chi connectivity index (χ4v) is 2.48. The summed E-state index contributed by atoms with van der Waals surface area (Å²) in [7, 11) is 0. The maximum Gasteiger partial charge on any atom is 0.0576 e. The SMILES string of the molecule is CC(C)CC(C)C(C)OC(C)C(C)CC(C)C. The van der Waals surface area contributed by atoms with Crippen molar-refractivity contribution < 1.29 is 4.74 Å². The average Bonchev–Trinajstić information content (AvgIpc) is 2.15. The van der Waals surface area contributed by atoms with Gasteiger partial charge in [0, 0.05) is 0 Å². The van der Waals surface area contributed by atoms with Crippen LogP contribution in [0.25, 0.3) is 0 Å². The van der Waals surface area contributed by atoms with Crippen molar-refractivity contribution in [3.8, 4) is 0 Å². The first kappa shape index (κ1) is 17.0. The third-order valence-corrected chi connectivity index (χ3v) is 3.72. The molecule has 0 radical (unpaired) electrons.